The molecule has 4 aromatic rings. The summed E-state index contributed by atoms with van der Waals surface area (Å²) in [6.07, 6.45) is 0. The zero-order chi connectivity index (χ0) is 25.4. The molecule has 1 heterocycles. The van der Waals surface area contributed by atoms with E-state index in [9.17, 15) is 0 Å². The molecule has 184 valence electrons. The van der Waals surface area contributed by atoms with E-state index < -0.39 is 0 Å². The molecule has 0 fully saturated rings. The van der Waals surface area contributed by atoms with E-state index in [0.717, 1.165) is 68.0 Å². The third kappa shape index (κ3) is 3.85. The van der Waals surface area contributed by atoms with Gasteiger partial charge >= 0.3 is 0 Å². The lowest BCUT2D eigenvalue weighted by atomic mass is 9.98. The number of fused-ring (bicyclic) bond motifs is 2. The van der Waals surface area contributed by atoms with Crippen LogP contribution in [0.25, 0.3) is 22.3 Å². The van der Waals surface area contributed by atoms with E-state index in [-0.39, 0.29) is 0 Å². The van der Waals surface area contributed by atoms with Gasteiger partial charge in [-0.05, 0) is 71.8 Å². The maximum Gasteiger partial charge on any atom is 0.126 e. The number of hydrogen-bond donors (Lipinski definition) is 0. The van der Waals surface area contributed by atoms with Gasteiger partial charge in [0.2, 0.25) is 0 Å². The summed E-state index contributed by atoms with van der Waals surface area (Å²) in [6.45, 7) is 0. The lowest BCUT2D eigenvalue weighted by Crippen LogP contribution is -2.24. The number of ether oxygens (including phenoxy) is 4. The highest BCUT2D eigenvalue weighted by Crippen LogP contribution is 2.50. The van der Waals surface area contributed by atoms with E-state index in [0.29, 0.717) is 0 Å². The van der Waals surface area contributed by atoms with Crippen molar-refractivity contribution in [2.45, 2.75) is 0 Å². The smallest absolute Gasteiger partial charge is 0.126 e. The number of benzene rings is 4. The van der Waals surface area contributed by atoms with Crippen molar-refractivity contribution in [3.8, 4) is 45.3 Å². The van der Waals surface area contributed by atoms with Crippen LogP contribution in [0.1, 0.15) is 0 Å². The first kappa shape index (κ1) is 23.4. The molecule has 0 unspecified atom stereocenters. The van der Waals surface area contributed by atoms with Gasteiger partial charge in [-0.1, -0.05) is 12.1 Å². The molecular weight excluding hydrogens is 452 g/mol. The summed E-state index contributed by atoms with van der Waals surface area (Å²) in [4.78, 5) is 4.46. The van der Waals surface area contributed by atoms with Crippen molar-refractivity contribution < 1.29 is 18.9 Å². The molecule has 6 nitrogen and oxygen atoms in total. The Balaban J connectivity index is 1.59. The SMILES string of the molecule is COc1ccc(OC)c(-c2ccc3c(c2)N(C)c2ccc(-c4cc(OC)ccc4OC)cc2N3C)c1. The summed E-state index contributed by atoms with van der Waals surface area (Å²) >= 11 is 0. The molecule has 0 saturated heterocycles. The Morgan fingerprint density at radius 1 is 0.444 bits per heavy atom. The standard InChI is InChI=1S/C30H30N2O4/c1-31-25-11-7-20(24-18-22(34-4)10-14-30(24)36-6)16-28(25)32(2)26-12-8-19(15-27(26)31)23-17-21(33-3)9-13-29(23)35-5/h7-18H,1-6H3. The van der Waals surface area contributed by atoms with Crippen LogP contribution in [0.15, 0.2) is 72.8 Å². The molecule has 5 rings (SSSR count). The van der Waals surface area contributed by atoms with E-state index >= 15 is 0 Å². The summed E-state index contributed by atoms with van der Waals surface area (Å²) < 4.78 is 22.2. The normalized spacial score (nSPS) is 12.1. The second-order valence-electron chi connectivity index (χ2n) is 8.66. The van der Waals surface area contributed by atoms with Crippen molar-refractivity contribution in [2.24, 2.45) is 0 Å². The highest BCUT2D eigenvalue weighted by Gasteiger charge is 2.26. The summed E-state index contributed by atoms with van der Waals surface area (Å²) in [5.41, 5.74) is 8.55. The largest absolute Gasteiger partial charge is 0.497 e. The van der Waals surface area contributed by atoms with Crippen LogP contribution in [0, 0.1) is 0 Å². The first-order valence-corrected chi connectivity index (χ1v) is 11.7. The summed E-state index contributed by atoms with van der Waals surface area (Å²) in [5.74, 6) is 3.19. The number of anilines is 4. The van der Waals surface area contributed by atoms with Crippen LogP contribution >= 0.6 is 0 Å². The van der Waals surface area contributed by atoms with Crippen LogP contribution in [0.4, 0.5) is 22.7 Å². The Morgan fingerprint density at radius 3 is 1.22 bits per heavy atom. The Hall–Kier alpha value is -4.32. The molecule has 6 heteroatoms. The fourth-order valence-electron chi connectivity index (χ4n) is 4.83. The Morgan fingerprint density at radius 2 is 0.861 bits per heavy atom. The summed E-state index contributed by atoms with van der Waals surface area (Å²) in [7, 11) is 10.9. The van der Waals surface area contributed by atoms with E-state index in [1.807, 2.05) is 36.4 Å². The molecule has 4 aromatic carbocycles. The van der Waals surface area contributed by atoms with E-state index in [1.165, 1.54) is 0 Å². The molecule has 0 amide bonds. The molecular formula is C30H30N2O4. The molecule has 1 aliphatic heterocycles. The van der Waals surface area contributed by atoms with E-state index in [1.54, 1.807) is 28.4 Å². The monoisotopic (exact) mass is 482 g/mol. The van der Waals surface area contributed by atoms with Crippen LogP contribution < -0.4 is 28.7 Å². The molecule has 0 N–H and O–H groups in total. The van der Waals surface area contributed by atoms with E-state index in [2.05, 4.69) is 60.3 Å². The van der Waals surface area contributed by atoms with Gasteiger partial charge in [-0.3, -0.25) is 0 Å². The van der Waals surface area contributed by atoms with E-state index in [4.69, 9.17) is 18.9 Å². The van der Waals surface area contributed by atoms with Crippen LogP contribution in [0.5, 0.6) is 23.0 Å². The Kier molecular flexibility index (Phi) is 6.10. The quantitative estimate of drug-likeness (QED) is 0.298. The minimum Gasteiger partial charge on any atom is -0.497 e. The van der Waals surface area contributed by atoms with Gasteiger partial charge < -0.3 is 28.7 Å². The second kappa shape index (κ2) is 9.38. The number of methoxy groups -OCH3 is 4. The average molecular weight is 483 g/mol. The van der Waals surface area contributed by atoms with Crippen molar-refractivity contribution >= 4 is 22.7 Å². The predicted octanol–water partition coefficient (Wildman–Crippen LogP) is 6.90. The maximum absolute atomic E-state index is 5.64. The number of rotatable bonds is 6. The minimum absolute atomic E-state index is 0.792. The van der Waals surface area contributed by atoms with Gasteiger partial charge in [0, 0.05) is 25.2 Å². The predicted molar refractivity (Wildman–Crippen MR) is 146 cm³/mol. The van der Waals surface area contributed by atoms with Crippen molar-refractivity contribution in [2.75, 3.05) is 52.3 Å². The van der Waals surface area contributed by atoms with Crippen LogP contribution in [-0.4, -0.2) is 42.5 Å². The zero-order valence-electron chi connectivity index (χ0n) is 21.5. The van der Waals surface area contributed by atoms with Gasteiger partial charge in [-0.2, -0.15) is 0 Å². The van der Waals surface area contributed by atoms with Gasteiger partial charge in [-0.15, -0.1) is 0 Å². The maximum atomic E-state index is 5.64. The first-order chi connectivity index (χ1) is 17.5. The molecule has 0 aliphatic carbocycles. The molecule has 0 spiro atoms. The zero-order valence-corrected chi connectivity index (χ0v) is 21.5. The third-order valence-electron chi connectivity index (χ3n) is 6.83. The van der Waals surface area contributed by atoms with Gasteiger partial charge in [0.25, 0.3) is 0 Å². The van der Waals surface area contributed by atoms with Gasteiger partial charge in [-0.25, -0.2) is 0 Å². The van der Waals surface area contributed by atoms with Crippen molar-refractivity contribution in [3.63, 3.8) is 0 Å². The van der Waals surface area contributed by atoms with Crippen molar-refractivity contribution in [1.82, 2.24) is 0 Å². The summed E-state index contributed by atoms with van der Waals surface area (Å²) in [5, 5.41) is 0. The Bertz CT molecular complexity index is 1320. The van der Waals surface area contributed by atoms with Gasteiger partial charge in [0.1, 0.15) is 23.0 Å². The average Bonchev–Trinajstić information content (AvgIpc) is 2.94. The molecule has 0 aromatic heterocycles. The lowest BCUT2D eigenvalue weighted by Gasteiger charge is -2.37. The van der Waals surface area contributed by atoms with Crippen LogP contribution in [-0.2, 0) is 0 Å². The van der Waals surface area contributed by atoms with Crippen molar-refractivity contribution in [3.05, 3.63) is 72.8 Å². The van der Waals surface area contributed by atoms with Gasteiger partial charge in [0.05, 0.1) is 51.2 Å². The molecule has 0 bridgehead atoms. The lowest BCUT2D eigenvalue weighted by molar-refractivity contribution is 0.404. The van der Waals surface area contributed by atoms with Crippen LogP contribution in [0.2, 0.25) is 0 Å². The molecule has 36 heavy (non-hydrogen) atoms. The third-order valence-corrected chi connectivity index (χ3v) is 6.83. The van der Waals surface area contributed by atoms with Gasteiger partial charge in [0.15, 0.2) is 0 Å². The molecule has 0 saturated carbocycles. The number of hydrogen-bond acceptors (Lipinski definition) is 6. The van der Waals surface area contributed by atoms with Crippen LogP contribution in [0.3, 0.4) is 0 Å². The Labute approximate surface area is 212 Å². The molecule has 1 aliphatic rings. The minimum atomic E-state index is 0.792. The van der Waals surface area contributed by atoms with Crippen molar-refractivity contribution in [1.29, 1.82) is 0 Å². The molecule has 0 atom stereocenters. The fraction of sp³-hybridized carbons (Fsp3) is 0.200. The first-order valence-electron chi connectivity index (χ1n) is 11.7. The highest BCUT2D eigenvalue weighted by molar-refractivity contribution is 5.96. The topological polar surface area (TPSA) is 43.4 Å². The summed E-state index contributed by atoms with van der Waals surface area (Å²) in [6, 6.07) is 24.7. The highest BCUT2D eigenvalue weighted by atomic mass is 16.5. The second-order valence-corrected chi connectivity index (χ2v) is 8.66. The molecule has 0 radical (unpaired) electrons. The number of nitrogens with zero attached hydrogens (tertiary/aromatic N) is 2. The fourth-order valence-corrected chi connectivity index (χ4v) is 4.83.